The van der Waals surface area contributed by atoms with Crippen LogP contribution in [0.2, 0.25) is 0 Å². The Labute approximate surface area is 230 Å². The summed E-state index contributed by atoms with van der Waals surface area (Å²) >= 11 is 0. The van der Waals surface area contributed by atoms with Crippen LogP contribution in [0.25, 0.3) is 0 Å². The molecule has 1 aliphatic heterocycles. The lowest BCUT2D eigenvalue weighted by Crippen LogP contribution is -2.48. The van der Waals surface area contributed by atoms with Crippen LogP contribution in [0.4, 0.5) is 5.69 Å². The van der Waals surface area contributed by atoms with Gasteiger partial charge in [0.25, 0.3) is 11.8 Å². The normalized spacial score (nSPS) is 28.5. The van der Waals surface area contributed by atoms with E-state index >= 15 is 0 Å². The van der Waals surface area contributed by atoms with Gasteiger partial charge in [-0.2, -0.15) is 0 Å². The number of nitrogens with zero attached hydrogens (tertiary/aromatic N) is 1. The van der Waals surface area contributed by atoms with Gasteiger partial charge in [-0.1, -0.05) is 24.3 Å². The van der Waals surface area contributed by atoms with Crippen LogP contribution < -0.4 is 15.4 Å². The van der Waals surface area contributed by atoms with E-state index in [1.165, 1.54) is 56.4 Å². The molecule has 2 aromatic rings. The zero-order valence-electron chi connectivity index (χ0n) is 22.4. The van der Waals surface area contributed by atoms with Crippen LogP contribution in [0.1, 0.15) is 67.3 Å². The minimum absolute atomic E-state index is 0.157. The van der Waals surface area contributed by atoms with Crippen molar-refractivity contribution in [1.82, 2.24) is 5.32 Å². The summed E-state index contributed by atoms with van der Waals surface area (Å²) in [6.07, 6.45) is 18.7. The Morgan fingerprint density at radius 3 is 2.44 bits per heavy atom. The van der Waals surface area contributed by atoms with Crippen molar-refractivity contribution in [3.8, 4) is 5.75 Å². The van der Waals surface area contributed by atoms with Gasteiger partial charge in [0.15, 0.2) is 0 Å². The van der Waals surface area contributed by atoms with Gasteiger partial charge in [-0.3, -0.25) is 14.6 Å². The highest BCUT2D eigenvalue weighted by molar-refractivity contribution is 6.01. The summed E-state index contributed by atoms with van der Waals surface area (Å²) in [5.41, 5.74) is 2.90. The van der Waals surface area contributed by atoms with E-state index in [-0.39, 0.29) is 11.8 Å². The van der Waals surface area contributed by atoms with Gasteiger partial charge < -0.3 is 15.4 Å². The van der Waals surface area contributed by atoms with Crippen molar-refractivity contribution in [2.24, 2.45) is 28.7 Å². The third kappa shape index (κ3) is 6.00. The van der Waals surface area contributed by atoms with Crippen molar-refractivity contribution in [3.63, 3.8) is 0 Å². The van der Waals surface area contributed by atoms with Crippen LogP contribution in [0.15, 0.2) is 78.1 Å². The highest BCUT2D eigenvalue weighted by Gasteiger charge is 2.51. The monoisotopic (exact) mass is 523 g/mol. The number of anilines is 1. The molecule has 0 radical (unpaired) electrons. The minimum atomic E-state index is -0.316. The molecule has 1 unspecified atom stereocenters. The lowest BCUT2D eigenvalue weighted by Gasteiger charge is -2.57. The molecule has 7 rings (SSSR count). The summed E-state index contributed by atoms with van der Waals surface area (Å²) < 4.78 is 5.73. The van der Waals surface area contributed by atoms with Crippen LogP contribution in [0.5, 0.6) is 5.75 Å². The van der Waals surface area contributed by atoms with Crippen molar-refractivity contribution in [1.29, 1.82) is 0 Å². The number of nitrogens with one attached hydrogen (secondary N) is 2. The summed E-state index contributed by atoms with van der Waals surface area (Å²) in [6.45, 7) is 0.585. The highest BCUT2D eigenvalue weighted by Crippen LogP contribution is 2.60. The van der Waals surface area contributed by atoms with E-state index in [1.807, 2.05) is 18.3 Å². The Kier molecular flexibility index (Phi) is 7.36. The number of carbonyl (C=O) groups excluding carboxylic acids is 2. The van der Waals surface area contributed by atoms with Crippen LogP contribution in [-0.4, -0.2) is 24.6 Å². The van der Waals surface area contributed by atoms with E-state index in [0.29, 0.717) is 29.1 Å². The lowest BCUT2D eigenvalue weighted by atomic mass is 9.48. The van der Waals surface area contributed by atoms with Crippen LogP contribution in [-0.2, 0) is 10.2 Å². The first-order valence-corrected chi connectivity index (χ1v) is 14.4. The topological polar surface area (TPSA) is 79.8 Å². The summed E-state index contributed by atoms with van der Waals surface area (Å²) in [5.74, 6) is 3.42. The van der Waals surface area contributed by atoms with Gasteiger partial charge in [0.1, 0.15) is 5.75 Å². The fourth-order valence-electron chi connectivity index (χ4n) is 7.64. The van der Waals surface area contributed by atoms with Gasteiger partial charge in [-0.05, 0) is 116 Å². The Morgan fingerprint density at radius 2 is 1.74 bits per heavy atom. The smallest absolute Gasteiger partial charge is 0.251 e. The van der Waals surface area contributed by atoms with Gasteiger partial charge in [0.05, 0.1) is 6.26 Å². The summed E-state index contributed by atoms with van der Waals surface area (Å²) in [4.78, 5) is 29.1. The van der Waals surface area contributed by atoms with Crippen LogP contribution >= 0.6 is 0 Å². The van der Waals surface area contributed by atoms with Gasteiger partial charge in [0.2, 0.25) is 0 Å². The second-order valence-corrected chi connectivity index (χ2v) is 11.9. The first-order valence-electron chi connectivity index (χ1n) is 14.4. The fraction of sp³-hybridized carbons (Fsp3) is 0.424. The molecule has 4 bridgehead atoms. The Balaban J connectivity index is 0.978. The molecular weight excluding hydrogens is 486 g/mol. The van der Waals surface area contributed by atoms with E-state index < -0.39 is 0 Å². The quantitative estimate of drug-likeness (QED) is 0.294. The molecular formula is C33H37N3O3. The zero-order chi connectivity index (χ0) is 26.7. The molecule has 0 aromatic heterocycles. The van der Waals surface area contributed by atoms with E-state index in [2.05, 4.69) is 33.8 Å². The number of hydrogen-bond donors (Lipinski definition) is 2. The van der Waals surface area contributed by atoms with Crippen LogP contribution in [0, 0.1) is 23.7 Å². The molecule has 4 saturated carbocycles. The maximum atomic E-state index is 12.6. The predicted octanol–water partition coefficient (Wildman–Crippen LogP) is 6.41. The first kappa shape index (κ1) is 25.6. The Morgan fingerprint density at radius 1 is 1.00 bits per heavy atom. The molecule has 2 N–H and O–H groups in total. The van der Waals surface area contributed by atoms with Crippen molar-refractivity contribution >= 4 is 23.7 Å². The number of amides is 2. The third-order valence-electron chi connectivity index (χ3n) is 9.08. The molecule has 1 atom stereocenters. The summed E-state index contributed by atoms with van der Waals surface area (Å²) in [6, 6.07) is 15.4. The number of hydrogen-bond acceptors (Lipinski definition) is 4. The summed E-state index contributed by atoms with van der Waals surface area (Å²) in [7, 11) is 0. The van der Waals surface area contributed by atoms with Crippen LogP contribution in [0.3, 0.4) is 0 Å². The molecule has 2 amide bonds. The van der Waals surface area contributed by atoms with Gasteiger partial charge in [-0.15, -0.1) is 0 Å². The molecule has 2 aromatic carbocycles. The molecule has 0 spiro atoms. The molecule has 0 saturated heterocycles. The Hall–Kier alpha value is -3.67. The number of aliphatic imine (C=N–C) groups is 1. The maximum Gasteiger partial charge on any atom is 0.251 e. The third-order valence-corrected chi connectivity index (χ3v) is 9.08. The standard InChI is InChI=1S/C33H37N3O3/c37-31(36-29-3-1-2-27(19-29)32(38)35-14-10-23-8-12-34-13-9-23)11-15-39-30-6-4-28(5-7-30)33-20-24-16-25(21-33)18-26(17-24)22-33/h1-8,11-13,15,19,23-26H,9-10,14,16-18,20-22H2,(H,35,38)(H,36,37)/b15-11+. The zero-order valence-corrected chi connectivity index (χ0v) is 22.4. The number of ether oxygens (including phenoxy) is 1. The second-order valence-electron chi connectivity index (χ2n) is 11.9. The van der Waals surface area contributed by atoms with Gasteiger partial charge in [0, 0.05) is 36.3 Å². The minimum Gasteiger partial charge on any atom is -0.465 e. The van der Waals surface area contributed by atoms with Gasteiger partial charge in [-0.25, -0.2) is 0 Å². The SMILES string of the molecule is O=C(/C=C/Oc1ccc(C23CC4CC(CC(C4)C2)C3)cc1)Nc1cccc(C(=O)NCCC2C=CN=CC2)c1. The molecule has 202 valence electrons. The highest BCUT2D eigenvalue weighted by atomic mass is 16.5. The molecule has 39 heavy (non-hydrogen) atoms. The van der Waals surface area contributed by atoms with Crippen molar-refractivity contribution in [2.45, 2.75) is 56.8 Å². The van der Waals surface area contributed by atoms with Crippen molar-refractivity contribution in [2.75, 3.05) is 11.9 Å². The van der Waals surface area contributed by atoms with E-state index in [4.69, 9.17) is 4.74 Å². The van der Waals surface area contributed by atoms with Gasteiger partial charge >= 0.3 is 0 Å². The number of carbonyl (C=O) groups is 2. The molecule has 5 aliphatic rings. The summed E-state index contributed by atoms with van der Waals surface area (Å²) in [5, 5.41) is 5.76. The molecule has 6 nitrogen and oxygen atoms in total. The van der Waals surface area contributed by atoms with Crippen molar-refractivity contribution < 1.29 is 14.3 Å². The first-order chi connectivity index (χ1) is 19.0. The molecule has 4 aliphatic carbocycles. The average molecular weight is 524 g/mol. The van der Waals surface area contributed by atoms with E-state index in [9.17, 15) is 9.59 Å². The Bertz CT molecular complexity index is 1260. The van der Waals surface area contributed by atoms with E-state index in [1.54, 1.807) is 30.5 Å². The number of allylic oxidation sites excluding steroid dienone is 1. The lowest BCUT2D eigenvalue weighted by molar-refractivity contribution is -0.112. The van der Waals surface area contributed by atoms with E-state index in [0.717, 1.165) is 36.3 Å². The molecule has 6 heteroatoms. The van der Waals surface area contributed by atoms with Crippen molar-refractivity contribution in [3.05, 3.63) is 84.3 Å². The number of rotatable bonds is 9. The number of benzene rings is 2. The predicted molar refractivity (Wildman–Crippen MR) is 154 cm³/mol. The largest absolute Gasteiger partial charge is 0.465 e. The second kappa shape index (κ2) is 11.2. The molecule has 4 fully saturated rings. The maximum absolute atomic E-state index is 12.6. The fourth-order valence-corrected chi connectivity index (χ4v) is 7.64. The average Bonchev–Trinajstić information content (AvgIpc) is 2.93. The molecule has 1 heterocycles.